The van der Waals surface area contributed by atoms with Crippen molar-refractivity contribution in [2.75, 3.05) is 42.8 Å². The van der Waals surface area contributed by atoms with E-state index in [-0.39, 0.29) is 5.91 Å². The van der Waals surface area contributed by atoms with Gasteiger partial charge in [-0.3, -0.25) is 9.00 Å². The van der Waals surface area contributed by atoms with Crippen molar-refractivity contribution in [2.45, 2.75) is 4.90 Å². The Kier molecular flexibility index (Phi) is 5.22. The van der Waals surface area contributed by atoms with Crippen molar-refractivity contribution in [3.8, 4) is 0 Å². The SMILES string of the molecule is C[S@@](=O)c1ccc(C(=O)Nc2ccc(N3CCOCC3)cn2)cc1. The Morgan fingerprint density at radius 2 is 1.88 bits per heavy atom. The minimum Gasteiger partial charge on any atom is -0.378 e. The maximum Gasteiger partial charge on any atom is 0.256 e. The third-order valence-corrected chi connectivity index (χ3v) is 4.75. The molecule has 7 heteroatoms. The van der Waals surface area contributed by atoms with Crippen molar-refractivity contribution in [1.29, 1.82) is 0 Å². The Morgan fingerprint density at radius 3 is 2.46 bits per heavy atom. The first-order chi connectivity index (χ1) is 11.6. The van der Waals surface area contributed by atoms with Gasteiger partial charge in [0.2, 0.25) is 0 Å². The van der Waals surface area contributed by atoms with Gasteiger partial charge in [0.05, 0.1) is 25.1 Å². The number of carbonyl (C=O) groups is 1. The molecule has 0 bridgehead atoms. The van der Waals surface area contributed by atoms with Gasteiger partial charge < -0.3 is 15.0 Å². The number of hydrogen-bond donors (Lipinski definition) is 1. The zero-order valence-corrected chi connectivity index (χ0v) is 14.2. The molecule has 0 aliphatic carbocycles. The largest absolute Gasteiger partial charge is 0.378 e. The zero-order valence-electron chi connectivity index (χ0n) is 13.4. The van der Waals surface area contributed by atoms with Crippen LogP contribution in [0.25, 0.3) is 0 Å². The fourth-order valence-corrected chi connectivity index (χ4v) is 2.97. The third kappa shape index (κ3) is 3.98. The number of hydrogen-bond acceptors (Lipinski definition) is 5. The summed E-state index contributed by atoms with van der Waals surface area (Å²) in [6, 6.07) is 10.4. The number of morpholine rings is 1. The van der Waals surface area contributed by atoms with Gasteiger partial charge in [0.1, 0.15) is 5.82 Å². The summed E-state index contributed by atoms with van der Waals surface area (Å²) in [7, 11) is -1.05. The summed E-state index contributed by atoms with van der Waals surface area (Å²) >= 11 is 0. The number of amides is 1. The summed E-state index contributed by atoms with van der Waals surface area (Å²) < 4.78 is 16.7. The Morgan fingerprint density at radius 1 is 1.17 bits per heavy atom. The molecule has 1 aliphatic heterocycles. The Labute approximate surface area is 143 Å². The fourth-order valence-electron chi connectivity index (χ4n) is 2.46. The summed E-state index contributed by atoms with van der Waals surface area (Å²) in [5.74, 6) is 0.259. The molecule has 126 valence electrons. The van der Waals surface area contributed by atoms with E-state index in [0.717, 1.165) is 32.0 Å². The second-order valence-electron chi connectivity index (χ2n) is 5.43. The molecule has 1 fully saturated rings. The van der Waals surface area contributed by atoms with Gasteiger partial charge in [-0.15, -0.1) is 0 Å². The molecule has 24 heavy (non-hydrogen) atoms. The van der Waals surface area contributed by atoms with E-state index in [1.807, 2.05) is 6.07 Å². The molecule has 1 aromatic carbocycles. The van der Waals surface area contributed by atoms with Crippen molar-refractivity contribution in [3.05, 3.63) is 48.2 Å². The van der Waals surface area contributed by atoms with E-state index in [1.165, 1.54) is 0 Å². The summed E-state index contributed by atoms with van der Waals surface area (Å²) in [4.78, 5) is 19.4. The van der Waals surface area contributed by atoms with Crippen molar-refractivity contribution in [1.82, 2.24) is 4.98 Å². The third-order valence-electron chi connectivity index (χ3n) is 3.81. The first-order valence-electron chi connectivity index (χ1n) is 7.67. The van der Waals surface area contributed by atoms with E-state index in [4.69, 9.17) is 4.74 Å². The Balaban J connectivity index is 1.64. The van der Waals surface area contributed by atoms with Crippen LogP contribution >= 0.6 is 0 Å². The summed E-state index contributed by atoms with van der Waals surface area (Å²) in [6.45, 7) is 3.13. The maximum absolute atomic E-state index is 12.2. The fraction of sp³-hybridized carbons (Fsp3) is 0.294. The van der Waals surface area contributed by atoms with Crippen LogP contribution in [0, 0.1) is 0 Å². The van der Waals surface area contributed by atoms with E-state index in [2.05, 4.69) is 15.2 Å². The molecule has 1 saturated heterocycles. The van der Waals surface area contributed by atoms with E-state index >= 15 is 0 Å². The number of carbonyl (C=O) groups excluding carboxylic acids is 1. The van der Waals surface area contributed by atoms with Gasteiger partial charge in [0.25, 0.3) is 5.91 Å². The predicted molar refractivity (Wildman–Crippen MR) is 94.0 cm³/mol. The average molecular weight is 345 g/mol. The molecular formula is C17H19N3O3S. The lowest BCUT2D eigenvalue weighted by Gasteiger charge is -2.28. The number of nitrogens with zero attached hydrogens (tertiary/aromatic N) is 2. The molecule has 0 spiro atoms. The molecule has 0 unspecified atom stereocenters. The summed E-state index contributed by atoms with van der Waals surface area (Å²) in [5, 5.41) is 2.77. The van der Waals surface area contributed by atoms with Crippen molar-refractivity contribution in [3.63, 3.8) is 0 Å². The highest BCUT2D eigenvalue weighted by atomic mass is 32.2. The predicted octanol–water partition coefficient (Wildman–Crippen LogP) is 1.91. The van der Waals surface area contributed by atoms with Crippen LogP contribution < -0.4 is 10.2 Å². The smallest absolute Gasteiger partial charge is 0.256 e. The van der Waals surface area contributed by atoms with E-state index in [9.17, 15) is 9.00 Å². The van der Waals surface area contributed by atoms with Gasteiger partial charge in [0.15, 0.2) is 0 Å². The van der Waals surface area contributed by atoms with Gasteiger partial charge >= 0.3 is 0 Å². The lowest BCUT2D eigenvalue weighted by Crippen LogP contribution is -2.36. The lowest BCUT2D eigenvalue weighted by molar-refractivity contribution is 0.102. The Bertz CT molecular complexity index is 726. The van der Waals surface area contributed by atoms with Crippen LogP contribution in [0.3, 0.4) is 0 Å². The molecule has 1 amide bonds. The molecule has 0 radical (unpaired) electrons. The van der Waals surface area contributed by atoms with E-state index in [0.29, 0.717) is 16.3 Å². The topological polar surface area (TPSA) is 71.5 Å². The van der Waals surface area contributed by atoms with Crippen molar-refractivity contribution in [2.24, 2.45) is 0 Å². The van der Waals surface area contributed by atoms with Gasteiger partial charge in [-0.05, 0) is 36.4 Å². The lowest BCUT2D eigenvalue weighted by atomic mass is 10.2. The Hall–Kier alpha value is -2.25. The molecule has 6 nitrogen and oxygen atoms in total. The number of rotatable bonds is 4. The number of pyridine rings is 1. The molecule has 1 aromatic heterocycles. The monoisotopic (exact) mass is 345 g/mol. The molecule has 2 heterocycles. The van der Waals surface area contributed by atoms with Gasteiger partial charge in [-0.1, -0.05) is 0 Å². The quantitative estimate of drug-likeness (QED) is 0.916. The standard InChI is InChI=1S/C17H19N3O3S/c1-24(22)15-5-2-13(3-6-15)17(21)19-16-7-4-14(12-18-16)20-8-10-23-11-9-20/h2-7,12H,8-11H2,1H3,(H,18,19,21)/t24-/m1/s1. The first-order valence-corrected chi connectivity index (χ1v) is 9.23. The van der Waals surface area contributed by atoms with Crippen LogP contribution in [0.15, 0.2) is 47.5 Å². The zero-order chi connectivity index (χ0) is 16.9. The van der Waals surface area contributed by atoms with Crippen LogP contribution in [0.5, 0.6) is 0 Å². The van der Waals surface area contributed by atoms with Crippen LogP contribution in [-0.4, -0.2) is 47.7 Å². The minimum absolute atomic E-state index is 0.241. The summed E-state index contributed by atoms with van der Waals surface area (Å²) in [6.07, 6.45) is 3.36. The van der Waals surface area contributed by atoms with Gasteiger partial charge in [0, 0.05) is 40.6 Å². The maximum atomic E-state index is 12.2. The number of aromatic nitrogens is 1. The molecule has 2 aromatic rings. The number of nitrogens with one attached hydrogen (secondary N) is 1. The van der Waals surface area contributed by atoms with Crippen molar-refractivity contribution < 1.29 is 13.7 Å². The second kappa shape index (κ2) is 7.55. The molecular weight excluding hydrogens is 326 g/mol. The minimum atomic E-state index is -1.05. The number of anilines is 2. The first kappa shape index (κ1) is 16.6. The van der Waals surface area contributed by atoms with Gasteiger partial charge in [-0.2, -0.15) is 0 Å². The molecule has 1 atom stereocenters. The molecule has 1 N–H and O–H groups in total. The van der Waals surface area contributed by atoms with Crippen LogP contribution in [0.4, 0.5) is 11.5 Å². The van der Waals surface area contributed by atoms with Gasteiger partial charge in [-0.25, -0.2) is 4.98 Å². The normalized spacial score (nSPS) is 15.8. The molecule has 3 rings (SSSR count). The average Bonchev–Trinajstić information content (AvgIpc) is 2.63. The van der Waals surface area contributed by atoms with E-state index < -0.39 is 10.8 Å². The summed E-state index contributed by atoms with van der Waals surface area (Å²) in [5.41, 5.74) is 1.52. The molecule has 0 saturated carbocycles. The van der Waals surface area contributed by atoms with Crippen LogP contribution in [0.1, 0.15) is 10.4 Å². The van der Waals surface area contributed by atoms with Crippen molar-refractivity contribution >= 4 is 28.2 Å². The van der Waals surface area contributed by atoms with Crippen LogP contribution in [0.2, 0.25) is 0 Å². The second-order valence-corrected chi connectivity index (χ2v) is 6.81. The highest BCUT2D eigenvalue weighted by molar-refractivity contribution is 7.84. The number of ether oxygens (including phenoxy) is 1. The van der Waals surface area contributed by atoms with E-state index in [1.54, 1.807) is 42.8 Å². The highest BCUT2D eigenvalue weighted by Gasteiger charge is 2.12. The highest BCUT2D eigenvalue weighted by Crippen LogP contribution is 2.17. The molecule has 1 aliphatic rings. The number of benzene rings is 1. The van der Waals surface area contributed by atoms with Crippen LogP contribution in [-0.2, 0) is 15.5 Å².